The number of morpholine rings is 1. The summed E-state index contributed by atoms with van der Waals surface area (Å²) in [6.45, 7) is 6.04. The minimum absolute atomic E-state index is 0.0173. The van der Waals surface area contributed by atoms with Gasteiger partial charge in [0.25, 0.3) is 0 Å². The molecule has 2 bridgehead atoms. The van der Waals surface area contributed by atoms with Crippen molar-refractivity contribution in [1.82, 2.24) is 20.2 Å². The molecule has 0 spiro atoms. The fourth-order valence-corrected chi connectivity index (χ4v) is 7.91. The van der Waals surface area contributed by atoms with Gasteiger partial charge in [0.1, 0.15) is 29.4 Å². The molecular weight excluding hydrogens is 573 g/mol. The first-order valence-corrected chi connectivity index (χ1v) is 15.8. The lowest BCUT2D eigenvalue weighted by Crippen LogP contribution is -2.53. The maximum Gasteiger partial charge on any atom is 0.319 e. The summed E-state index contributed by atoms with van der Waals surface area (Å²) in [5.41, 5.74) is 1.54. The third-order valence-electron chi connectivity index (χ3n) is 10.4. The highest BCUT2D eigenvalue weighted by atomic mass is 19.1. The number of phenolic OH excluding ortho intramolecular Hbond substituents is 1. The van der Waals surface area contributed by atoms with E-state index in [9.17, 15) is 5.11 Å². The van der Waals surface area contributed by atoms with E-state index in [1.165, 1.54) is 0 Å². The van der Waals surface area contributed by atoms with Crippen molar-refractivity contribution in [2.24, 2.45) is 5.41 Å². The van der Waals surface area contributed by atoms with Crippen LogP contribution in [0.1, 0.15) is 24.8 Å². The van der Waals surface area contributed by atoms with Gasteiger partial charge in [-0.05, 0) is 54.5 Å². The number of terminal acetylenes is 1. The number of aromatic hydroxyl groups is 1. The monoisotopic (exact) mass is 607 g/mol. The molecule has 4 fully saturated rings. The molecule has 3 atom stereocenters. The van der Waals surface area contributed by atoms with Crippen LogP contribution in [0.25, 0.3) is 32.8 Å². The SMILES string of the molecule is C#Cc1cccc2cc(O)cc(-c3cc4c5c(nc(OCC6(CN7CCOCC7)CC6)nc5c3F)N3[C@@H]5CN[C@@H](C5)[C@@H]3CO4)c12. The molecule has 230 valence electrons. The average Bonchev–Trinajstić information content (AvgIpc) is 3.57. The summed E-state index contributed by atoms with van der Waals surface area (Å²) in [4.78, 5) is 14.5. The van der Waals surface area contributed by atoms with E-state index in [0.717, 1.165) is 64.0 Å². The molecule has 5 aliphatic rings. The number of rotatable bonds is 6. The number of hydrogen-bond acceptors (Lipinski definition) is 9. The van der Waals surface area contributed by atoms with Crippen LogP contribution in [-0.4, -0.2) is 90.7 Å². The van der Waals surface area contributed by atoms with Crippen LogP contribution in [0, 0.1) is 23.6 Å². The number of nitrogens with zero attached hydrogens (tertiary/aromatic N) is 4. The van der Waals surface area contributed by atoms with Crippen molar-refractivity contribution in [2.45, 2.75) is 37.4 Å². The van der Waals surface area contributed by atoms with Crippen molar-refractivity contribution in [3.8, 4) is 41.0 Å². The van der Waals surface area contributed by atoms with Gasteiger partial charge in [-0.2, -0.15) is 9.97 Å². The van der Waals surface area contributed by atoms with Crippen LogP contribution in [0.15, 0.2) is 36.4 Å². The zero-order valence-corrected chi connectivity index (χ0v) is 24.9. The highest BCUT2D eigenvalue weighted by Crippen LogP contribution is 2.49. The van der Waals surface area contributed by atoms with Crippen LogP contribution in [0.3, 0.4) is 0 Å². The van der Waals surface area contributed by atoms with Gasteiger partial charge in [0, 0.05) is 60.2 Å². The molecule has 3 saturated heterocycles. The first-order valence-electron chi connectivity index (χ1n) is 15.8. The third kappa shape index (κ3) is 4.40. The molecule has 1 aliphatic carbocycles. The molecule has 1 saturated carbocycles. The molecule has 1 aromatic heterocycles. The molecule has 10 heteroatoms. The second kappa shape index (κ2) is 10.2. The molecule has 0 amide bonds. The predicted molar refractivity (Wildman–Crippen MR) is 168 cm³/mol. The highest BCUT2D eigenvalue weighted by Gasteiger charge is 2.49. The minimum Gasteiger partial charge on any atom is -0.508 e. The Hall–Kier alpha value is -4.17. The van der Waals surface area contributed by atoms with Crippen LogP contribution < -0.4 is 19.7 Å². The van der Waals surface area contributed by atoms with Crippen LogP contribution >= 0.6 is 0 Å². The molecular formula is C35H34FN5O4. The number of nitrogens with one attached hydrogen (secondary N) is 1. The summed E-state index contributed by atoms with van der Waals surface area (Å²) in [6.07, 6.45) is 9.02. The van der Waals surface area contributed by atoms with E-state index >= 15 is 4.39 Å². The molecule has 3 aromatic carbocycles. The molecule has 2 N–H and O–H groups in total. The number of anilines is 1. The van der Waals surface area contributed by atoms with E-state index in [1.54, 1.807) is 18.2 Å². The summed E-state index contributed by atoms with van der Waals surface area (Å²) in [5, 5.41) is 16.2. The smallest absolute Gasteiger partial charge is 0.319 e. The van der Waals surface area contributed by atoms with Crippen molar-refractivity contribution in [2.75, 3.05) is 57.5 Å². The molecule has 0 unspecified atom stereocenters. The number of fused-ring (bicyclic) bond motifs is 7. The van der Waals surface area contributed by atoms with E-state index in [1.807, 2.05) is 18.2 Å². The molecule has 5 heterocycles. The Morgan fingerprint density at radius 2 is 2.00 bits per heavy atom. The summed E-state index contributed by atoms with van der Waals surface area (Å²) < 4.78 is 35.4. The molecule has 4 aliphatic heterocycles. The zero-order valence-electron chi connectivity index (χ0n) is 24.9. The van der Waals surface area contributed by atoms with Crippen molar-refractivity contribution in [3.63, 3.8) is 0 Å². The Balaban J connectivity index is 1.19. The quantitative estimate of drug-likeness (QED) is 0.315. The first-order chi connectivity index (χ1) is 22.0. The van der Waals surface area contributed by atoms with E-state index in [0.29, 0.717) is 46.7 Å². The first kappa shape index (κ1) is 27.2. The van der Waals surface area contributed by atoms with Crippen LogP contribution in [-0.2, 0) is 4.74 Å². The largest absolute Gasteiger partial charge is 0.508 e. The maximum atomic E-state index is 17.0. The van der Waals surface area contributed by atoms with Crippen LogP contribution in [0.2, 0.25) is 0 Å². The molecule has 45 heavy (non-hydrogen) atoms. The van der Waals surface area contributed by atoms with Crippen LogP contribution in [0.5, 0.6) is 17.5 Å². The molecule has 0 radical (unpaired) electrons. The van der Waals surface area contributed by atoms with Crippen molar-refractivity contribution in [1.29, 1.82) is 0 Å². The second-order valence-electron chi connectivity index (χ2n) is 13.2. The van der Waals surface area contributed by atoms with Gasteiger partial charge >= 0.3 is 6.01 Å². The third-order valence-corrected chi connectivity index (χ3v) is 10.4. The topological polar surface area (TPSA) is 92.2 Å². The number of benzene rings is 3. The molecule has 9 nitrogen and oxygen atoms in total. The summed E-state index contributed by atoms with van der Waals surface area (Å²) in [7, 11) is 0. The summed E-state index contributed by atoms with van der Waals surface area (Å²) >= 11 is 0. The van der Waals surface area contributed by atoms with Gasteiger partial charge in [0.2, 0.25) is 0 Å². The number of aromatic nitrogens is 2. The minimum atomic E-state index is -0.528. The Morgan fingerprint density at radius 3 is 2.82 bits per heavy atom. The lowest BCUT2D eigenvalue weighted by Gasteiger charge is -2.35. The standard InChI is InChI=1S/C35H34FN5O4/c1-2-20-4-3-5-21-12-23(42)14-24(29(20)21)25-15-28-30-32(31(25)36)38-34(45-19-35(6-7-35)18-40-8-10-43-11-9-40)39-33(30)41-22-13-26(37-16-22)27(41)17-44-28/h1,3-5,12,14-15,22,26-27,37,42H,6-11,13,16-19H2/t22-,26-,27-/m0/s1. The number of ether oxygens (including phenoxy) is 3. The Labute approximate surface area is 260 Å². The van der Waals surface area contributed by atoms with E-state index in [2.05, 4.69) is 21.0 Å². The van der Waals surface area contributed by atoms with E-state index in [-0.39, 0.29) is 46.4 Å². The summed E-state index contributed by atoms with van der Waals surface area (Å²) in [5.74, 6) is 3.39. The number of piperazine rings is 1. The maximum absolute atomic E-state index is 17.0. The lowest BCUT2D eigenvalue weighted by atomic mass is 9.93. The fraction of sp³-hybridized carbons (Fsp3) is 0.429. The van der Waals surface area contributed by atoms with Crippen molar-refractivity contribution >= 4 is 27.5 Å². The number of phenols is 1. The van der Waals surface area contributed by atoms with Gasteiger partial charge in [-0.1, -0.05) is 18.1 Å². The Morgan fingerprint density at radius 1 is 1.13 bits per heavy atom. The van der Waals surface area contributed by atoms with Gasteiger partial charge in [0.15, 0.2) is 5.82 Å². The Kier molecular flexibility index (Phi) is 6.14. The fourth-order valence-electron chi connectivity index (χ4n) is 7.91. The van der Waals surface area contributed by atoms with E-state index in [4.69, 9.17) is 30.6 Å². The lowest BCUT2D eigenvalue weighted by molar-refractivity contribution is 0.0231. The van der Waals surface area contributed by atoms with Gasteiger partial charge in [-0.25, -0.2) is 4.39 Å². The van der Waals surface area contributed by atoms with Gasteiger partial charge in [0.05, 0.1) is 31.2 Å². The Bertz CT molecular complexity index is 1900. The normalized spacial score (nSPS) is 24.7. The van der Waals surface area contributed by atoms with Gasteiger partial charge in [-0.3, -0.25) is 4.90 Å². The van der Waals surface area contributed by atoms with E-state index < -0.39 is 5.82 Å². The highest BCUT2D eigenvalue weighted by molar-refractivity contribution is 6.05. The summed E-state index contributed by atoms with van der Waals surface area (Å²) in [6, 6.07) is 11.1. The molecule has 9 rings (SSSR count). The van der Waals surface area contributed by atoms with Crippen molar-refractivity contribution in [3.05, 3.63) is 47.8 Å². The van der Waals surface area contributed by atoms with Gasteiger partial charge < -0.3 is 29.5 Å². The number of halogens is 1. The van der Waals surface area contributed by atoms with Gasteiger partial charge in [-0.15, -0.1) is 6.42 Å². The van der Waals surface area contributed by atoms with Crippen molar-refractivity contribution < 1.29 is 23.7 Å². The molecule has 4 aromatic rings. The average molecular weight is 608 g/mol. The predicted octanol–water partition coefficient (Wildman–Crippen LogP) is 4.08. The number of hydrogen-bond donors (Lipinski definition) is 2. The zero-order chi connectivity index (χ0) is 30.3. The van der Waals surface area contributed by atoms with Crippen LogP contribution in [0.4, 0.5) is 10.2 Å². The second-order valence-corrected chi connectivity index (χ2v) is 13.2.